The third kappa shape index (κ3) is 2.15. The average Bonchev–Trinajstić information content (AvgIpc) is 2.96. The normalized spacial score (nSPS) is 25.9. The number of hydrogen-bond donors (Lipinski definition) is 1. The van der Waals surface area contributed by atoms with Crippen molar-refractivity contribution in [3.05, 3.63) is 18.0 Å². The Kier molecular flexibility index (Phi) is 2.88. The number of tetrazole rings is 1. The van der Waals surface area contributed by atoms with Gasteiger partial charge in [0.25, 0.3) is 0 Å². The van der Waals surface area contributed by atoms with Crippen LogP contribution in [0, 0.1) is 0 Å². The minimum absolute atomic E-state index is 0.201. The zero-order chi connectivity index (χ0) is 13.5. The number of fused-ring (bicyclic) bond motifs is 2. The summed E-state index contributed by atoms with van der Waals surface area (Å²) in [5.41, 5.74) is -0.384. The van der Waals surface area contributed by atoms with Crippen LogP contribution in [0.25, 0.3) is 0 Å². The van der Waals surface area contributed by atoms with E-state index in [-0.39, 0.29) is 11.3 Å². The third-order valence-electron chi connectivity index (χ3n) is 4.14. The minimum atomic E-state index is -0.384. The molecule has 2 atom stereocenters. The molecule has 0 saturated carbocycles. The lowest BCUT2D eigenvalue weighted by Crippen LogP contribution is -2.44. The molecule has 1 fully saturated rings. The largest absolute Gasteiger partial charge is 0.333 e. The van der Waals surface area contributed by atoms with Gasteiger partial charge in [-0.1, -0.05) is 31.2 Å². The minimum Gasteiger partial charge on any atom is -0.333 e. The van der Waals surface area contributed by atoms with Gasteiger partial charge in [-0.2, -0.15) is 5.21 Å². The van der Waals surface area contributed by atoms with Crippen LogP contribution in [0.2, 0.25) is 0 Å². The van der Waals surface area contributed by atoms with Crippen molar-refractivity contribution in [2.45, 2.75) is 57.0 Å². The molecule has 1 amide bonds. The molecule has 6 heteroatoms. The summed E-state index contributed by atoms with van der Waals surface area (Å²) < 4.78 is 0. The Morgan fingerprint density at radius 3 is 3.05 bits per heavy atom. The molecule has 2 aliphatic heterocycles. The molecule has 102 valence electrons. The summed E-state index contributed by atoms with van der Waals surface area (Å²) >= 11 is 0. The van der Waals surface area contributed by atoms with Crippen molar-refractivity contribution >= 4 is 5.91 Å². The number of rotatable bonds is 3. The number of carbonyl (C=O) groups excluding carboxylic acids is 1. The molecule has 2 bridgehead atoms. The van der Waals surface area contributed by atoms with Crippen LogP contribution < -0.4 is 0 Å². The zero-order valence-electron chi connectivity index (χ0n) is 11.3. The van der Waals surface area contributed by atoms with E-state index in [2.05, 4.69) is 37.7 Å². The van der Waals surface area contributed by atoms with Crippen LogP contribution in [0.15, 0.2) is 12.2 Å². The van der Waals surface area contributed by atoms with Crippen LogP contribution in [-0.2, 0) is 10.2 Å². The Bertz CT molecular complexity index is 493. The van der Waals surface area contributed by atoms with E-state index in [9.17, 15) is 4.79 Å². The van der Waals surface area contributed by atoms with Crippen LogP contribution in [0.3, 0.4) is 0 Å². The van der Waals surface area contributed by atoms with Gasteiger partial charge in [0, 0.05) is 17.9 Å². The van der Waals surface area contributed by atoms with E-state index in [4.69, 9.17) is 0 Å². The number of aromatic amines is 1. The number of amides is 1. The Morgan fingerprint density at radius 1 is 1.53 bits per heavy atom. The summed E-state index contributed by atoms with van der Waals surface area (Å²) in [7, 11) is 0. The maximum absolute atomic E-state index is 12.6. The molecule has 0 radical (unpaired) electrons. The fraction of sp³-hybridized carbons (Fsp3) is 0.692. The van der Waals surface area contributed by atoms with Crippen molar-refractivity contribution in [1.82, 2.24) is 25.5 Å². The van der Waals surface area contributed by atoms with Gasteiger partial charge < -0.3 is 4.90 Å². The lowest BCUT2D eigenvalue weighted by atomic mass is 9.87. The van der Waals surface area contributed by atoms with E-state index in [1.54, 1.807) is 0 Å². The lowest BCUT2D eigenvalue weighted by molar-refractivity contribution is -0.134. The van der Waals surface area contributed by atoms with Crippen molar-refractivity contribution in [2.75, 3.05) is 0 Å². The summed E-state index contributed by atoms with van der Waals surface area (Å²) in [5.74, 6) is 0.799. The maximum Gasteiger partial charge on any atom is 0.224 e. The van der Waals surface area contributed by atoms with Gasteiger partial charge in [-0.05, 0) is 19.3 Å². The second-order valence-electron chi connectivity index (χ2n) is 6.06. The van der Waals surface area contributed by atoms with Crippen LogP contribution in [-0.4, -0.2) is 43.5 Å². The van der Waals surface area contributed by atoms with Gasteiger partial charge in [-0.25, -0.2) is 0 Å². The monoisotopic (exact) mass is 261 g/mol. The molecule has 2 aliphatic rings. The summed E-state index contributed by atoms with van der Waals surface area (Å²) in [6.45, 7) is 3.97. The van der Waals surface area contributed by atoms with Crippen molar-refractivity contribution in [2.24, 2.45) is 0 Å². The van der Waals surface area contributed by atoms with Crippen molar-refractivity contribution in [1.29, 1.82) is 0 Å². The molecule has 19 heavy (non-hydrogen) atoms. The van der Waals surface area contributed by atoms with E-state index in [0.29, 0.717) is 24.3 Å². The highest BCUT2D eigenvalue weighted by molar-refractivity contribution is 5.79. The van der Waals surface area contributed by atoms with Gasteiger partial charge >= 0.3 is 0 Å². The number of aromatic nitrogens is 4. The van der Waals surface area contributed by atoms with E-state index in [1.807, 2.05) is 13.8 Å². The highest BCUT2D eigenvalue weighted by Crippen LogP contribution is 2.34. The lowest BCUT2D eigenvalue weighted by Gasteiger charge is -2.33. The van der Waals surface area contributed by atoms with Crippen molar-refractivity contribution < 1.29 is 4.79 Å². The molecule has 3 rings (SSSR count). The first-order chi connectivity index (χ1) is 9.08. The van der Waals surface area contributed by atoms with E-state index >= 15 is 0 Å². The van der Waals surface area contributed by atoms with Gasteiger partial charge in [0.2, 0.25) is 5.91 Å². The Hall–Kier alpha value is -1.72. The Labute approximate surface area is 112 Å². The van der Waals surface area contributed by atoms with E-state index in [0.717, 1.165) is 19.3 Å². The second-order valence-corrected chi connectivity index (χ2v) is 6.06. The number of nitrogens with one attached hydrogen (secondary N) is 1. The highest BCUT2D eigenvalue weighted by atomic mass is 16.2. The summed E-state index contributed by atoms with van der Waals surface area (Å²) in [5, 5.41) is 14.0. The van der Waals surface area contributed by atoms with Gasteiger partial charge in [0.05, 0.1) is 6.04 Å². The smallest absolute Gasteiger partial charge is 0.224 e. The zero-order valence-corrected chi connectivity index (χ0v) is 11.3. The SMILES string of the molecule is CC(C)(CC(=O)N1C2C=CCC1CC2)c1nn[nH]n1. The predicted molar refractivity (Wildman–Crippen MR) is 69.2 cm³/mol. The molecule has 0 aliphatic carbocycles. The molecular formula is C13H19N5O. The van der Waals surface area contributed by atoms with Crippen molar-refractivity contribution in [3.8, 4) is 0 Å². The topological polar surface area (TPSA) is 74.8 Å². The standard InChI is InChI=1S/C13H19N5O/c1-13(2,12-14-16-17-15-12)8-11(19)18-9-4-3-5-10(18)7-6-9/h3-4,9-10H,5-8H2,1-2H3,(H,14,15,16,17). The van der Waals surface area contributed by atoms with E-state index < -0.39 is 0 Å². The Morgan fingerprint density at radius 2 is 2.37 bits per heavy atom. The molecule has 0 spiro atoms. The summed E-state index contributed by atoms with van der Waals surface area (Å²) in [6.07, 6.45) is 8.00. The molecule has 6 nitrogen and oxygen atoms in total. The van der Waals surface area contributed by atoms with Crippen LogP contribution in [0.5, 0.6) is 0 Å². The van der Waals surface area contributed by atoms with Gasteiger partial charge in [0.15, 0.2) is 5.82 Å². The first kappa shape index (κ1) is 12.3. The molecule has 1 aromatic rings. The van der Waals surface area contributed by atoms with Gasteiger partial charge in [-0.15, -0.1) is 10.2 Å². The molecule has 1 saturated heterocycles. The number of carbonyl (C=O) groups is 1. The van der Waals surface area contributed by atoms with Gasteiger partial charge in [0.1, 0.15) is 0 Å². The van der Waals surface area contributed by atoms with E-state index in [1.165, 1.54) is 0 Å². The molecule has 1 N–H and O–H groups in total. The summed E-state index contributed by atoms with van der Waals surface area (Å²) in [4.78, 5) is 14.6. The first-order valence-corrected chi connectivity index (χ1v) is 6.80. The maximum atomic E-state index is 12.6. The van der Waals surface area contributed by atoms with Gasteiger partial charge in [-0.3, -0.25) is 4.79 Å². The predicted octanol–water partition coefficient (Wildman–Crippen LogP) is 1.19. The third-order valence-corrected chi connectivity index (χ3v) is 4.14. The van der Waals surface area contributed by atoms with Crippen LogP contribution >= 0.6 is 0 Å². The second kappa shape index (κ2) is 4.43. The fourth-order valence-corrected chi connectivity index (χ4v) is 3.11. The number of nitrogens with zero attached hydrogens (tertiary/aromatic N) is 4. The molecule has 2 unspecified atom stereocenters. The molecule has 3 heterocycles. The fourth-order valence-electron chi connectivity index (χ4n) is 3.11. The highest BCUT2D eigenvalue weighted by Gasteiger charge is 2.39. The van der Waals surface area contributed by atoms with Crippen LogP contribution in [0.4, 0.5) is 0 Å². The first-order valence-electron chi connectivity index (χ1n) is 6.80. The van der Waals surface area contributed by atoms with Crippen LogP contribution in [0.1, 0.15) is 45.4 Å². The molecular weight excluding hydrogens is 242 g/mol. The van der Waals surface area contributed by atoms with Crippen molar-refractivity contribution in [3.63, 3.8) is 0 Å². The average molecular weight is 261 g/mol. The molecule has 0 aromatic carbocycles. The molecule has 1 aromatic heterocycles. The number of H-pyrrole nitrogens is 1. The summed E-state index contributed by atoms with van der Waals surface area (Å²) in [6, 6.07) is 0.691. The number of hydrogen-bond acceptors (Lipinski definition) is 4. The Balaban J connectivity index is 1.74. The quantitative estimate of drug-likeness (QED) is 0.829.